The van der Waals surface area contributed by atoms with Crippen LogP contribution in [-0.4, -0.2) is 77.1 Å². The van der Waals surface area contributed by atoms with E-state index in [1.165, 1.54) is 26.4 Å². The van der Waals surface area contributed by atoms with Gasteiger partial charge in [0.05, 0.1) is 36.4 Å². The molecule has 4 bridgehead atoms. The number of hydrogen-bond acceptors (Lipinski definition) is 7. The Labute approximate surface area is 284 Å². The topological polar surface area (TPSA) is 129 Å². The van der Waals surface area contributed by atoms with Gasteiger partial charge in [-0.3, -0.25) is 9.59 Å². The number of aliphatic hydroxyl groups excluding tert-OH is 3. The van der Waals surface area contributed by atoms with Crippen LogP contribution in [0.3, 0.4) is 0 Å². The van der Waals surface area contributed by atoms with Crippen LogP contribution in [0.5, 0.6) is 11.5 Å². The summed E-state index contributed by atoms with van der Waals surface area (Å²) in [7, 11) is 1.51. The van der Waals surface area contributed by atoms with E-state index in [-0.39, 0.29) is 49.8 Å². The molecule has 4 N–H and O–H groups in total. The Morgan fingerprint density at radius 1 is 1.02 bits per heavy atom. The Balaban J connectivity index is 1.36. The fraction of sp³-hybridized carbons (Fsp3) is 0.556. The molecule has 3 atom stereocenters. The number of benzene rings is 2. The van der Waals surface area contributed by atoms with Crippen molar-refractivity contribution in [3.05, 3.63) is 68.8 Å². The third-order valence-corrected chi connectivity index (χ3v) is 11.3. The van der Waals surface area contributed by atoms with Crippen LogP contribution in [0.15, 0.2) is 54.1 Å². The van der Waals surface area contributed by atoms with Gasteiger partial charge < -0.3 is 35.0 Å². The van der Waals surface area contributed by atoms with Gasteiger partial charge in [0.25, 0.3) is 0 Å². The molecule has 0 unspecified atom stereocenters. The van der Waals surface area contributed by atoms with Crippen LogP contribution in [0.25, 0.3) is 0 Å². The fourth-order valence-corrected chi connectivity index (χ4v) is 9.79. The van der Waals surface area contributed by atoms with Crippen molar-refractivity contribution in [3.63, 3.8) is 0 Å². The molecule has 0 radical (unpaired) electrons. The molecule has 2 aromatic rings. The molecule has 4 fully saturated rings. The van der Waals surface area contributed by atoms with E-state index in [1.807, 2.05) is 35.2 Å². The van der Waals surface area contributed by atoms with Gasteiger partial charge in [-0.05, 0) is 114 Å². The number of hydrogen-bond donors (Lipinski definition) is 4. The number of ether oxygens (including phenoxy) is 2. The van der Waals surface area contributed by atoms with E-state index in [4.69, 9.17) is 9.47 Å². The predicted molar refractivity (Wildman–Crippen MR) is 181 cm³/mol. The van der Waals surface area contributed by atoms with Crippen molar-refractivity contribution < 1.29 is 34.4 Å². The molecule has 46 heavy (non-hydrogen) atoms. The van der Waals surface area contributed by atoms with Crippen molar-refractivity contribution in [1.82, 2.24) is 10.2 Å². The van der Waals surface area contributed by atoms with Crippen molar-refractivity contribution in [2.24, 2.45) is 23.2 Å². The predicted octanol–water partition coefficient (Wildman–Crippen LogP) is 4.00. The summed E-state index contributed by atoms with van der Waals surface area (Å²) in [5, 5.41) is 34.0. The van der Waals surface area contributed by atoms with Gasteiger partial charge in [0.15, 0.2) is 11.5 Å². The number of aliphatic hydroxyl groups is 3. The molecule has 9 nitrogen and oxygen atoms in total. The Morgan fingerprint density at radius 3 is 2.30 bits per heavy atom. The molecule has 4 saturated carbocycles. The number of carbonyl (C=O) groups is 2. The van der Waals surface area contributed by atoms with Crippen LogP contribution in [0.4, 0.5) is 0 Å². The van der Waals surface area contributed by atoms with Crippen molar-refractivity contribution in [1.29, 1.82) is 0 Å². The molecule has 5 aliphatic rings. The smallest absolute Gasteiger partial charge is 0.247 e. The van der Waals surface area contributed by atoms with Crippen LogP contribution in [0.2, 0.25) is 0 Å². The molecule has 248 valence electrons. The summed E-state index contributed by atoms with van der Waals surface area (Å²) >= 11 is 2.11. The first-order valence-corrected chi connectivity index (χ1v) is 17.5. The maximum Gasteiger partial charge on any atom is 0.247 e. The largest absolute Gasteiger partial charge is 0.493 e. The summed E-state index contributed by atoms with van der Waals surface area (Å²) in [5.74, 6) is 2.45. The minimum absolute atomic E-state index is 0.0103. The summed E-state index contributed by atoms with van der Waals surface area (Å²) in [6, 6.07) is 12.4. The van der Waals surface area contributed by atoms with Crippen LogP contribution in [0, 0.1) is 26.7 Å². The van der Waals surface area contributed by atoms with E-state index < -0.39 is 18.2 Å². The van der Waals surface area contributed by atoms with Gasteiger partial charge in [-0.25, -0.2) is 0 Å². The molecule has 7 rings (SSSR count). The molecule has 10 heteroatoms. The average molecular weight is 745 g/mol. The Hall–Kier alpha value is -2.67. The molecule has 0 spiro atoms. The van der Waals surface area contributed by atoms with Crippen molar-refractivity contribution in [3.8, 4) is 11.5 Å². The van der Waals surface area contributed by atoms with Crippen molar-refractivity contribution >= 4 is 34.4 Å². The van der Waals surface area contributed by atoms with Gasteiger partial charge in [0, 0.05) is 25.1 Å². The summed E-state index contributed by atoms with van der Waals surface area (Å²) < 4.78 is 12.7. The lowest BCUT2D eigenvalue weighted by atomic mass is 9.49. The van der Waals surface area contributed by atoms with E-state index in [2.05, 4.69) is 27.9 Å². The molecule has 5 aliphatic carbocycles. The highest BCUT2D eigenvalue weighted by molar-refractivity contribution is 14.1. The first-order chi connectivity index (χ1) is 22.2. The van der Waals surface area contributed by atoms with Gasteiger partial charge in [-0.15, -0.1) is 0 Å². The van der Waals surface area contributed by atoms with Crippen molar-refractivity contribution in [2.45, 2.75) is 76.2 Å². The second-order valence-electron chi connectivity index (χ2n) is 13.9. The minimum atomic E-state index is -1.12. The Kier molecular flexibility index (Phi) is 10.3. The van der Waals surface area contributed by atoms with E-state index in [0.717, 1.165) is 24.8 Å². The van der Waals surface area contributed by atoms with Crippen LogP contribution >= 0.6 is 22.6 Å². The highest BCUT2D eigenvalue weighted by Gasteiger charge is 2.53. The standard InChI is InChI=1S/C36H45IN2O7/c1-45-31-13-26(20-41)12-28(37)34(31)46-30-16-27(35(44)38-7-8-40)15-29(33(30)43)39(32(42)14-22-5-3-2-4-6-22)21-36-17-23-9-24(18-36)11-25(10-23)19-36/h2-6,12-13,16,23-25,29-30,33,40-41,43H,7-11,14-15,17-21H2,1H3,(H,38,44)/t23?,24?,25?,29-,30+,33+,36?/m1/s1. The number of halogens is 1. The van der Waals surface area contributed by atoms with Gasteiger partial charge in [0.1, 0.15) is 12.2 Å². The second-order valence-corrected chi connectivity index (χ2v) is 15.0. The van der Waals surface area contributed by atoms with E-state index in [1.54, 1.807) is 18.2 Å². The average Bonchev–Trinajstić information content (AvgIpc) is 3.04. The van der Waals surface area contributed by atoms with Gasteiger partial charge in [0.2, 0.25) is 11.8 Å². The number of carbonyl (C=O) groups excluding carboxylic acids is 2. The van der Waals surface area contributed by atoms with E-state index in [0.29, 0.717) is 50.5 Å². The first kappa shape index (κ1) is 33.2. The molecule has 0 aromatic heterocycles. The number of nitrogens with one attached hydrogen (secondary N) is 1. The number of nitrogens with zero attached hydrogens (tertiary/aromatic N) is 1. The zero-order chi connectivity index (χ0) is 32.4. The molecule has 2 amide bonds. The Bertz CT molecular complexity index is 1410. The fourth-order valence-electron chi connectivity index (χ4n) is 9.00. The maximum atomic E-state index is 14.4. The maximum absolute atomic E-state index is 14.4. The first-order valence-electron chi connectivity index (χ1n) is 16.5. The summed E-state index contributed by atoms with van der Waals surface area (Å²) in [4.78, 5) is 29.7. The number of amides is 2. The molecule has 2 aromatic carbocycles. The Morgan fingerprint density at radius 2 is 1.70 bits per heavy atom. The number of rotatable bonds is 12. The summed E-state index contributed by atoms with van der Waals surface area (Å²) in [6.07, 6.45) is 7.07. The van der Waals surface area contributed by atoms with Crippen LogP contribution < -0.4 is 14.8 Å². The zero-order valence-corrected chi connectivity index (χ0v) is 28.5. The highest BCUT2D eigenvalue weighted by Crippen LogP contribution is 2.60. The summed E-state index contributed by atoms with van der Waals surface area (Å²) in [6.45, 7) is 0.269. The molecule has 0 aliphatic heterocycles. The summed E-state index contributed by atoms with van der Waals surface area (Å²) in [5.41, 5.74) is 1.97. The quantitative estimate of drug-likeness (QED) is 0.242. The molecular weight excluding hydrogens is 699 g/mol. The van der Waals surface area contributed by atoms with Gasteiger partial charge >= 0.3 is 0 Å². The van der Waals surface area contributed by atoms with Crippen LogP contribution in [-0.2, 0) is 22.6 Å². The number of methoxy groups -OCH3 is 1. The highest BCUT2D eigenvalue weighted by atomic mass is 127. The lowest BCUT2D eigenvalue weighted by Gasteiger charge is -2.58. The molecule has 0 saturated heterocycles. The monoisotopic (exact) mass is 744 g/mol. The molecule has 0 heterocycles. The third-order valence-electron chi connectivity index (χ3n) is 10.5. The second kappa shape index (κ2) is 14.2. The third kappa shape index (κ3) is 7.10. The lowest BCUT2D eigenvalue weighted by molar-refractivity contribution is -0.146. The SMILES string of the molecule is COc1cc(CO)cc(I)c1O[C@H]1C=C(C(=O)NCCO)C[C@@H](N(CC23CC4CC(CC(C4)C2)C3)C(=O)Cc2ccccc2)[C@@H]1O. The van der Waals surface area contributed by atoms with E-state index >= 15 is 0 Å². The normalized spacial score (nSPS) is 29.6. The minimum Gasteiger partial charge on any atom is -0.493 e. The zero-order valence-electron chi connectivity index (χ0n) is 26.4. The van der Waals surface area contributed by atoms with Crippen LogP contribution in [0.1, 0.15) is 56.1 Å². The lowest BCUT2D eigenvalue weighted by Crippen LogP contribution is -2.60. The van der Waals surface area contributed by atoms with Gasteiger partial charge in [-0.2, -0.15) is 0 Å². The van der Waals surface area contributed by atoms with E-state index in [9.17, 15) is 24.9 Å². The van der Waals surface area contributed by atoms with Gasteiger partial charge in [-0.1, -0.05) is 30.3 Å². The molecular formula is C36H45IN2O7. The van der Waals surface area contributed by atoms with Crippen molar-refractivity contribution in [2.75, 3.05) is 26.8 Å².